The number of unbranched alkanes of at least 4 members (excludes halogenated alkanes) is 3. The summed E-state index contributed by atoms with van der Waals surface area (Å²) in [5, 5.41) is 0. The summed E-state index contributed by atoms with van der Waals surface area (Å²) in [5.74, 6) is -1.11. The van der Waals surface area contributed by atoms with Gasteiger partial charge < -0.3 is 4.74 Å². The molecule has 0 saturated carbocycles. The van der Waals surface area contributed by atoms with Crippen LogP contribution in [0.4, 0.5) is 0 Å². The van der Waals surface area contributed by atoms with Gasteiger partial charge in [-0.2, -0.15) is 9.78 Å². The topological polar surface area (TPSA) is 51.4 Å². The molecule has 0 aliphatic carbocycles. The van der Waals surface area contributed by atoms with E-state index in [1.54, 1.807) is 0 Å². The van der Waals surface area contributed by atoms with Gasteiger partial charge in [0.2, 0.25) is 0 Å². The molecule has 1 heterocycles. The van der Waals surface area contributed by atoms with E-state index < -0.39 is 5.79 Å². The van der Waals surface area contributed by atoms with Crippen molar-refractivity contribution in [2.75, 3.05) is 6.61 Å². The van der Waals surface area contributed by atoms with Crippen molar-refractivity contribution < 1.29 is 19.3 Å². The second kappa shape index (κ2) is 6.21. The summed E-state index contributed by atoms with van der Waals surface area (Å²) in [6.45, 7) is 6.56. The van der Waals surface area contributed by atoms with Gasteiger partial charge in [0.25, 0.3) is 0 Å². The summed E-state index contributed by atoms with van der Waals surface area (Å²) in [7, 11) is 0. The minimum absolute atomic E-state index is 0.333. The van der Waals surface area contributed by atoms with E-state index in [0.717, 1.165) is 12.8 Å². The fraction of sp³-hybridized carbons (Fsp3) is 0.917. The zero-order valence-corrected chi connectivity index (χ0v) is 10.5. The molecule has 0 aromatic heterocycles. The highest BCUT2D eigenvalue weighted by Crippen LogP contribution is 2.36. The average Bonchev–Trinajstić information content (AvgIpc) is 3.02. The number of carbonyl (C=O) groups excluding carboxylic acids is 1. The molecule has 4 nitrogen and oxygen atoms in total. The molecule has 94 valence electrons. The second-order valence-corrected chi connectivity index (χ2v) is 4.72. The highest BCUT2D eigenvalue weighted by atomic mass is 17.4. The van der Waals surface area contributed by atoms with Crippen molar-refractivity contribution in [3.8, 4) is 0 Å². The number of ether oxygens (including phenoxy) is 1. The van der Waals surface area contributed by atoms with Crippen molar-refractivity contribution in [3.63, 3.8) is 0 Å². The lowest BCUT2D eigenvalue weighted by Gasteiger charge is -2.09. The predicted molar refractivity (Wildman–Crippen MR) is 59.5 cm³/mol. The molecule has 0 unspecified atom stereocenters. The van der Waals surface area contributed by atoms with Crippen LogP contribution in [0.2, 0.25) is 0 Å². The number of hydrogen-bond donors (Lipinski definition) is 0. The van der Waals surface area contributed by atoms with E-state index in [-0.39, 0.29) is 5.97 Å². The third-order valence-electron chi connectivity index (χ3n) is 2.50. The fourth-order valence-electron chi connectivity index (χ4n) is 1.44. The molecule has 0 amide bonds. The Morgan fingerprint density at radius 1 is 1.25 bits per heavy atom. The SMILES string of the molecule is CCCCCCC1(C(=O)OCC(C)C)OO1. The van der Waals surface area contributed by atoms with Gasteiger partial charge in [0.15, 0.2) is 0 Å². The van der Waals surface area contributed by atoms with Gasteiger partial charge >= 0.3 is 11.8 Å². The van der Waals surface area contributed by atoms with E-state index in [9.17, 15) is 4.79 Å². The maximum atomic E-state index is 11.6. The smallest absolute Gasteiger partial charge is 0.372 e. The minimum atomic E-state index is -1.07. The maximum absolute atomic E-state index is 11.6. The molecule has 16 heavy (non-hydrogen) atoms. The van der Waals surface area contributed by atoms with Crippen LogP contribution in [-0.4, -0.2) is 18.4 Å². The molecule has 1 aliphatic rings. The van der Waals surface area contributed by atoms with Crippen LogP contribution in [0.1, 0.15) is 52.9 Å². The van der Waals surface area contributed by atoms with Crippen LogP contribution in [-0.2, 0) is 19.3 Å². The van der Waals surface area contributed by atoms with Crippen LogP contribution in [0.15, 0.2) is 0 Å². The first-order valence-electron chi connectivity index (χ1n) is 6.15. The third kappa shape index (κ3) is 4.10. The van der Waals surface area contributed by atoms with Gasteiger partial charge in [0, 0.05) is 6.42 Å². The lowest BCUT2D eigenvalue weighted by molar-refractivity contribution is -0.152. The molecule has 0 N–H and O–H groups in total. The highest BCUT2D eigenvalue weighted by Gasteiger charge is 2.57. The predicted octanol–water partition coefficient (Wildman–Crippen LogP) is 2.81. The Kier molecular flexibility index (Phi) is 5.22. The van der Waals surface area contributed by atoms with Gasteiger partial charge in [-0.05, 0) is 12.3 Å². The van der Waals surface area contributed by atoms with E-state index in [1.807, 2.05) is 13.8 Å². The number of carbonyl (C=O) groups is 1. The van der Waals surface area contributed by atoms with Crippen molar-refractivity contribution in [1.29, 1.82) is 0 Å². The molecular formula is C12H22O4. The highest BCUT2D eigenvalue weighted by molar-refractivity contribution is 5.79. The van der Waals surface area contributed by atoms with Gasteiger partial charge in [-0.15, -0.1) is 0 Å². The molecule has 1 fully saturated rings. The van der Waals surface area contributed by atoms with Crippen molar-refractivity contribution in [2.45, 2.75) is 58.7 Å². The average molecular weight is 230 g/mol. The monoisotopic (exact) mass is 230 g/mol. The van der Waals surface area contributed by atoms with Crippen molar-refractivity contribution >= 4 is 5.97 Å². The Morgan fingerprint density at radius 2 is 1.94 bits per heavy atom. The number of rotatable bonds is 8. The zero-order chi connectivity index (χ0) is 12.0. The molecule has 1 saturated heterocycles. The van der Waals surface area contributed by atoms with E-state index in [0.29, 0.717) is 18.9 Å². The Bertz CT molecular complexity index is 221. The van der Waals surface area contributed by atoms with E-state index in [2.05, 4.69) is 6.92 Å². The van der Waals surface area contributed by atoms with Crippen LogP contribution < -0.4 is 0 Å². The second-order valence-electron chi connectivity index (χ2n) is 4.72. The summed E-state index contributed by atoms with van der Waals surface area (Å²) >= 11 is 0. The molecule has 0 aromatic rings. The fourth-order valence-corrected chi connectivity index (χ4v) is 1.44. The molecule has 1 aliphatic heterocycles. The molecule has 1 rings (SSSR count). The maximum Gasteiger partial charge on any atom is 0.372 e. The quantitative estimate of drug-likeness (QED) is 0.278. The summed E-state index contributed by atoms with van der Waals surface area (Å²) in [5.41, 5.74) is 0. The number of hydrogen-bond acceptors (Lipinski definition) is 4. The normalized spacial score (nSPS) is 17.5. The Morgan fingerprint density at radius 3 is 2.44 bits per heavy atom. The molecule has 0 atom stereocenters. The molecule has 0 aromatic carbocycles. The minimum Gasteiger partial charge on any atom is -0.461 e. The van der Waals surface area contributed by atoms with Crippen LogP contribution in [0, 0.1) is 5.92 Å². The van der Waals surface area contributed by atoms with Gasteiger partial charge in [0.05, 0.1) is 6.61 Å². The summed E-state index contributed by atoms with van der Waals surface area (Å²) in [6.07, 6.45) is 4.99. The van der Waals surface area contributed by atoms with Gasteiger partial charge in [0.1, 0.15) is 0 Å². The van der Waals surface area contributed by atoms with Gasteiger partial charge in [-0.1, -0.05) is 40.0 Å². The third-order valence-corrected chi connectivity index (χ3v) is 2.50. The number of esters is 1. The summed E-state index contributed by atoms with van der Waals surface area (Å²) in [6, 6.07) is 0. The van der Waals surface area contributed by atoms with Crippen LogP contribution in [0.3, 0.4) is 0 Å². The van der Waals surface area contributed by atoms with Gasteiger partial charge in [-0.25, -0.2) is 4.79 Å². The van der Waals surface area contributed by atoms with E-state index in [1.165, 1.54) is 12.8 Å². The molecule has 0 spiro atoms. The lowest BCUT2D eigenvalue weighted by Crippen LogP contribution is -2.27. The summed E-state index contributed by atoms with van der Waals surface area (Å²) in [4.78, 5) is 21.2. The van der Waals surface area contributed by atoms with Crippen molar-refractivity contribution in [2.24, 2.45) is 5.92 Å². The largest absolute Gasteiger partial charge is 0.461 e. The van der Waals surface area contributed by atoms with Crippen molar-refractivity contribution in [3.05, 3.63) is 0 Å². The van der Waals surface area contributed by atoms with Crippen molar-refractivity contribution in [1.82, 2.24) is 0 Å². The van der Waals surface area contributed by atoms with Gasteiger partial charge in [-0.3, -0.25) is 0 Å². The van der Waals surface area contributed by atoms with E-state index in [4.69, 9.17) is 14.5 Å². The first-order valence-corrected chi connectivity index (χ1v) is 6.15. The Balaban J connectivity index is 2.20. The van der Waals surface area contributed by atoms with E-state index >= 15 is 0 Å². The first-order chi connectivity index (χ1) is 7.60. The van der Waals surface area contributed by atoms with Crippen LogP contribution in [0.25, 0.3) is 0 Å². The molecule has 0 bridgehead atoms. The molecular weight excluding hydrogens is 208 g/mol. The molecule has 4 heteroatoms. The standard InChI is InChI=1S/C12H22O4/c1-4-5-6-7-8-12(15-16-12)11(13)14-9-10(2)3/h10H,4-9H2,1-3H3. The zero-order valence-electron chi connectivity index (χ0n) is 10.5. The molecule has 0 radical (unpaired) electrons. The Labute approximate surface area is 97.2 Å². The Hall–Kier alpha value is -0.610. The lowest BCUT2D eigenvalue weighted by atomic mass is 10.1. The summed E-state index contributed by atoms with van der Waals surface area (Å²) < 4.78 is 5.10. The van der Waals surface area contributed by atoms with Crippen LogP contribution >= 0.6 is 0 Å². The van der Waals surface area contributed by atoms with Crippen LogP contribution in [0.5, 0.6) is 0 Å². The first kappa shape index (κ1) is 13.5.